The number of ether oxygens (including phenoxy) is 1. The fourth-order valence-electron chi connectivity index (χ4n) is 11.8. The van der Waals surface area contributed by atoms with E-state index in [1.807, 2.05) is 0 Å². The third-order valence-corrected chi connectivity index (χ3v) is 14.0. The van der Waals surface area contributed by atoms with Crippen molar-refractivity contribution in [1.29, 1.82) is 0 Å². The Hall–Kier alpha value is -1.06. The van der Waals surface area contributed by atoms with Crippen LogP contribution in [0, 0.1) is 56.2 Å². The quantitative estimate of drug-likeness (QED) is 0.231. The molecular formula is C30H47NO3. The van der Waals surface area contributed by atoms with Gasteiger partial charge in [-0.1, -0.05) is 53.6 Å². The molecule has 0 unspecified atom stereocenters. The van der Waals surface area contributed by atoms with Crippen molar-refractivity contribution in [3.8, 4) is 0 Å². The predicted molar refractivity (Wildman–Crippen MR) is 134 cm³/mol. The van der Waals surface area contributed by atoms with E-state index >= 15 is 0 Å². The first-order chi connectivity index (χ1) is 15.8. The van der Waals surface area contributed by atoms with Crippen LogP contribution in [0.5, 0.6) is 0 Å². The van der Waals surface area contributed by atoms with Gasteiger partial charge in [-0.2, -0.15) is 0 Å². The maximum Gasteiger partial charge on any atom is 0.312 e. The van der Waals surface area contributed by atoms with Gasteiger partial charge in [0, 0.05) is 16.7 Å². The normalized spacial score (nSPS) is 56.0. The van der Waals surface area contributed by atoms with Gasteiger partial charge >= 0.3 is 5.97 Å². The second kappa shape index (κ2) is 6.62. The smallest absolute Gasteiger partial charge is 0.312 e. The Morgan fingerprint density at radius 3 is 2.24 bits per heavy atom. The molecule has 190 valence electrons. The van der Waals surface area contributed by atoms with Crippen LogP contribution in [0.4, 0.5) is 0 Å². The van der Waals surface area contributed by atoms with Crippen LogP contribution in [-0.2, 0) is 9.53 Å². The Balaban J connectivity index is 1.41. The van der Waals surface area contributed by atoms with Crippen LogP contribution >= 0.6 is 0 Å². The first-order valence-electron chi connectivity index (χ1n) is 14.2. The molecule has 6 rings (SSSR count). The molecular weight excluding hydrogens is 422 g/mol. The second-order valence-corrected chi connectivity index (χ2v) is 15.4. The second-order valence-electron chi connectivity index (χ2n) is 15.4. The fraction of sp³-hybridized carbons (Fsp3) is 0.933. The van der Waals surface area contributed by atoms with Crippen molar-refractivity contribution >= 4 is 11.7 Å². The number of hydrogen-bond donors (Lipinski definition) is 1. The summed E-state index contributed by atoms with van der Waals surface area (Å²) in [5.41, 5.74) is 1.69. The van der Waals surface area contributed by atoms with E-state index in [1.165, 1.54) is 32.1 Å². The van der Waals surface area contributed by atoms with Crippen molar-refractivity contribution in [2.24, 2.45) is 61.3 Å². The number of fused-ring (bicyclic) bond motifs is 5. The summed E-state index contributed by atoms with van der Waals surface area (Å²) in [6.07, 6.45) is 11.5. The maximum absolute atomic E-state index is 13.4. The molecule has 9 atom stereocenters. The number of esters is 1. The Morgan fingerprint density at radius 1 is 0.824 bits per heavy atom. The number of oxime groups is 1. The molecule has 5 aliphatic carbocycles. The molecule has 0 radical (unpaired) electrons. The molecule has 0 amide bonds. The molecule has 6 aliphatic rings. The van der Waals surface area contributed by atoms with Crippen LogP contribution in [0.1, 0.15) is 113 Å². The first-order valence-corrected chi connectivity index (χ1v) is 14.2. The minimum Gasteiger partial charge on any atom is -0.461 e. The largest absolute Gasteiger partial charge is 0.461 e. The zero-order valence-corrected chi connectivity index (χ0v) is 22.7. The lowest BCUT2D eigenvalue weighted by Crippen LogP contribution is -2.67. The highest BCUT2D eigenvalue weighted by molar-refractivity contribution is 5.90. The van der Waals surface area contributed by atoms with E-state index in [9.17, 15) is 10.0 Å². The fourth-order valence-corrected chi connectivity index (χ4v) is 11.8. The number of rotatable bonds is 0. The van der Waals surface area contributed by atoms with Crippen LogP contribution in [-0.4, -0.2) is 23.0 Å². The van der Waals surface area contributed by atoms with Crippen molar-refractivity contribution in [2.45, 2.75) is 119 Å². The van der Waals surface area contributed by atoms with Crippen LogP contribution in [0.3, 0.4) is 0 Å². The van der Waals surface area contributed by atoms with E-state index in [2.05, 4.69) is 53.6 Å². The molecule has 1 N–H and O–H groups in total. The monoisotopic (exact) mass is 469 g/mol. The lowest BCUT2D eigenvalue weighted by Gasteiger charge is -2.72. The van der Waals surface area contributed by atoms with E-state index < -0.39 is 0 Å². The molecule has 1 aliphatic heterocycles. The third kappa shape index (κ3) is 2.43. The van der Waals surface area contributed by atoms with Gasteiger partial charge in [0.1, 0.15) is 6.10 Å². The molecule has 34 heavy (non-hydrogen) atoms. The Bertz CT molecular complexity index is 953. The minimum absolute atomic E-state index is 0.0375. The molecule has 2 bridgehead atoms. The molecule has 4 nitrogen and oxygen atoms in total. The maximum atomic E-state index is 13.4. The van der Waals surface area contributed by atoms with Crippen molar-refractivity contribution < 1.29 is 14.7 Å². The third-order valence-electron chi connectivity index (χ3n) is 14.0. The van der Waals surface area contributed by atoms with Crippen molar-refractivity contribution in [1.82, 2.24) is 0 Å². The van der Waals surface area contributed by atoms with Gasteiger partial charge in [0.2, 0.25) is 0 Å². The molecule has 5 saturated carbocycles. The molecule has 1 saturated heterocycles. The molecule has 4 heteroatoms. The summed E-state index contributed by atoms with van der Waals surface area (Å²) < 4.78 is 6.28. The van der Waals surface area contributed by atoms with Crippen LogP contribution in [0.2, 0.25) is 0 Å². The van der Waals surface area contributed by atoms with Crippen molar-refractivity contribution in [3.05, 3.63) is 0 Å². The highest BCUT2D eigenvalue weighted by Crippen LogP contribution is 2.78. The highest BCUT2D eigenvalue weighted by atomic mass is 16.6. The van der Waals surface area contributed by atoms with Gasteiger partial charge in [-0.3, -0.25) is 4.79 Å². The SMILES string of the molecule is CC1(C)CC[C@@]23CC[C@]4(C)[C@H](CC[C@@H]5[C@@]6(C)CC/C(=N/O)C(C)(C)[C@H]6CC[C@]54C)[C@@H]2[C@H]1OC3=O. The van der Waals surface area contributed by atoms with Gasteiger partial charge in [0.05, 0.1) is 11.1 Å². The molecule has 0 spiro atoms. The van der Waals surface area contributed by atoms with E-state index in [1.54, 1.807) is 0 Å². The summed E-state index contributed by atoms with van der Waals surface area (Å²) in [5, 5.41) is 13.5. The van der Waals surface area contributed by atoms with E-state index in [4.69, 9.17) is 4.74 Å². The molecule has 1 heterocycles. The number of hydrogen-bond acceptors (Lipinski definition) is 4. The Kier molecular flexibility index (Phi) is 4.55. The van der Waals surface area contributed by atoms with Gasteiger partial charge in [-0.25, -0.2) is 0 Å². The van der Waals surface area contributed by atoms with Crippen LogP contribution < -0.4 is 0 Å². The van der Waals surface area contributed by atoms with E-state index in [0.717, 1.165) is 37.8 Å². The first kappa shape index (κ1) is 23.3. The predicted octanol–water partition coefficient (Wildman–Crippen LogP) is 7.23. The average molecular weight is 470 g/mol. The lowest BCUT2D eigenvalue weighted by atomic mass is 9.31. The summed E-state index contributed by atoms with van der Waals surface area (Å²) in [7, 11) is 0. The van der Waals surface area contributed by atoms with Crippen LogP contribution in [0.25, 0.3) is 0 Å². The zero-order chi connectivity index (χ0) is 24.5. The molecule has 0 aromatic heterocycles. The van der Waals surface area contributed by atoms with E-state index in [0.29, 0.717) is 23.7 Å². The minimum atomic E-state index is -0.200. The standard InChI is InChI=1S/C30H47NO3/c1-25(2)14-16-30-17-15-28(6)18(22(30)23(25)34-24(30)32)8-9-20-27(5)12-11-21(31-33)26(3,4)19(27)10-13-29(20,28)7/h18-20,22-23,33H,8-17H2,1-7H3/b31-21-/t18-,19-,20-,22-,23-,27+,28-,29-,30-/m1/s1. The highest BCUT2D eigenvalue weighted by Gasteiger charge is 2.75. The summed E-state index contributed by atoms with van der Waals surface area (Å²) >= 11 is 0. The number of nitrogens with zero attached hydrogens (tertiary/aromatic N) is 1. The topological polar surface area (TPSA) is 58.9 Å². The summed E-state index contributed by atoms with van der Waals surface area (Å²) in [5.74, 6) is 2.40. The summed E-state index contributed by atoms with van der Waals surface area (Å²) in [6.45, 7) is 17.2. The molecule has 0 aromatic rings. The number of carbonyl (C=O) groups excluding carboxylic acids is 1. The zero-order valence-electron chi connectivity index (χ0n) is 22.7. The molecule has 6 fully saturated rings. The van der Waals surface area contributed by atoms with Gasteiger partial charge < -0.3 is 9.94 Å². The van der Waals surface area contributed by atoms with Crippen LogP contribution in [0.15, 0.2) is 5.16 Å². The van der Waals surface area contributed by atoms with E-state index in [-0.39, 0.29) is 44.6 Å². The summed E-state index contributed by atoms with van der Waals surface area (Å²) in [6, 6.07) is 0. The lowest BCUT2D eigenvalue weighted by molar-refractivity contribution is -0.235. The molecule has 0 aromatic carbocycles. The Morgan fingerprint density at radius 2 is 1.53 bits per heavy atom. The van der Waals surface area contributed by atoms with Gasteiger partial charge in [0.25, 0.3) is 0 Å². The van der Waals surface area contributed by atoms with Gasteiger partial charge in [-0.05, 0) is 98.2 Å². The van der Waals surface area contributed by atoms with Gasteiger partial charge in [-0.15, -0.1) is 0 Å². The summed E-state index contributed by atoms with van der Waals surface area (Å²) in [4.78, 5) is 13.4. The number of carbonyl (C=O) groups is 1. The van der Waals surface area contributed by atoms with Gasteiger partial charge in [0.15, 0.2) is 0 Å². The van der Waals surface area contributed by atoms with Crippen molar-refractivity contribution in [2.75, 3.05) is 0 Å². The average Bonchev–Trinajstić information content (AvgIpc) is 3.01. The Labute approximate surface area is 206 Å². The van der Waals surface area contributed by atoms with Crippen molar-refractivity contribution in [3.63, 3.8) is 0 Å².